The van der Waals surface area contributed by atoms with Gasteiger partial charge in [0.2, 0.25) is 5.52 Å². The van der Waals surface area contributed by atoms with Gasteiger partial charge >= 0.3 is 0 Å². The van der Waals surface area contributed by atoms with Gasteiger partial charge in [0.15, 0.2) is 5.69 Å². The number of thiophene rings is 2. The summed E-state index contributed by atoms with van der Waals surface area (Å²) in [6.07, 6.45) is 1.96. The van der Waals surface area contributed by atoms with E-state index < -0.39 is 0 Å². The molecular formula is C21H23N2S2+. The maximum absolute atomic E-state index is 4.73. The average Bonchev–Trinajstić information content (AvgIpc) is 3.10. The molecule has 0 amide bonds. The van der Waals surface area contributed by atoms with Crippen molar-refractivity contribution in [2.75, 3.05) is 0 Å². The predicted molar refractivity (Wildman–Crippen MR) is 110 cm³/mol. The van der Waals surface area contributed by atoms with Crippen LogP contribution in [0.4, 0.5) is 0 Å². The summed E-state index contributed by atoms with van der Waals surface area (Å²) in [4.78, 5) is 4.73. The highest BCUT2D eigenvalue weighted by atomic mass is 32.1. The van der Waals surface area contributed by atoms with Crippen LogP contribution in [-0.2, 0) is 12.5 Å². The van der Waals surface area contributed by atoms with E-state index in [-0.39, 0.29) is 5.41 Å². The van der Waals surface area contributed by atoms with Crippen LogP contribution in [0.1, 0.15) is 37.5 Å². The van der Waals surface area contributed by atoms with Gasteiger partial charge in [-0.2, -0.15) is 0 Å². The van der Waals surface area contributed by atoms with E-state index in [1.807, 2.05) is 17.7 Å². The summed E-state index contributed by atoms with van der Waals surface area (Å²) in [6, 6.07) is 6.93. The molecule has 4 heteroatoms. The molecule has 3 heterocycles. The quantitative estimate of drug-likeness (QED) is 0.382. The predicted octanol–water partition coefficient (Wildman–Crippen LogP) is 5.92. The highest BCUT2D eigenvalue weighted by Gasteiger charge is 2.24. The zero-order chi connectivity index (χ0) is 17.9. The molecule has 0 saturated carbocycles. The largest absolute Gasteiger partial charge is 0.287 e. The van der Waals surface area contributed by atoms with Crippen LogP contribution in [0, 0.1) is 13.8 Å². The monoisotopic (exact) mass is 367 g/mol. The number of nitrogens with zero attached hydrogens (tertiary/aromatic N) is 2. The van der Waals surface area contributed by atoms with Crippen molar-refractivity contribution in [2.45, 2.75) is 40.0 Å². The summed E-state index contributed by atoms with van der Waals surface area (Å²) in [6.45, 7) is 11.3. The number of benzene rings is 1. The highest BCUT2D eigenvalue weighted by Crippen LogP contribution is 2.41. The first-order chi connectivity index (χ1) is 11.8. The van der Waals surface area contributed by atoms with Crippen LogP contribution in [-0.4, -0.2) is 4.98 Å². The molecular weight excluding hydrogens is 344 g/mol. The van der Waals surface area contributed by atoms with E-state index in [2.05, 4.69) is 69.8 Å². The summed E-state index contributed by atoms with van der Waals surface area (Å²) < 4.78 is 6.11. The molecule has 128 valence electrons. The van der Waals surface area contributed by atoms with Gasteiger partial charge in [-0.1, -0.05) is 26.8 Å². The molecule has 0 bridgehead atoms. The lowest BCUT2D eigenvalue weighted by molar-refractivity contribution is -0.662. The molecule has 0 saturated heterocycles. The smallest absolute Gasteiger partial charge is 0.231 e. The van der Waals surface area contributed by atoms with Gasteiger partial charge in [0.25, 0.3) is 6.33 Å². The van der Waals surface area contributed by atoms with Gasteiger partial charge in [0.05, 0.1) is 16.4 Å². The van der Waals surface area contributed by atoms with Crippen molar-refractivity contribution >= 4 is 42.3 Å². The van der Waals surface area contributed by atoms with Crippen LogP contribution < -0.4 is 4.57 Å². The van der Waals surface area contributed by atoms with Crippen molar-refractivity contribution < 1.29 is 4.57 Å². The summed E-state index contributed by atoms with van der Waals surface area (Å²) in [5, 5.41) is 2.16. The Labute approximate surface area is 156 Å². The molecule has 3 aromatic heterocycles. The zero-order valence-electron chi connectivity index (χ0n) is 15.6. The Morgan fingerprint density at radius 1 is 1.08 bits per heavy atom. The molecule has 0 fully saturated rings. The highest BCUT2D eigenvalue weighted by molar-refractivity contribution is 7.32. The molecule has 0 unspecified atom stereocenters. The van der Waals surface area contributed by atoms with E-state index >= 15 is 0 Å². The fourth-order valence-electron chi connectivity index (χ4n) is 3.30. The van der Waals surface area contributed by atoms with Crippen molar-refractivity contribution in [1.82, 2.24) is 4.98 Å². The molecule has 1 aromatic carbocycles. The lowest BCUT2D eigenvalue weighted by Crippen LogP contribution is -2.31. The lowest BCUT2D eigenvalue weighted by atomic mass is 9.83. The Morgan fingerprint density at radius 3 is 2.56 bits per heavy atom. The molecule has 25 heavy (non-hydrogen) atoms. The Kier molecular flexibility index (Phi) is 3.74. The van der Waals surface area contributed by atoms with E-state index in [9.17, 15) is 0 Å². The number of hydrogen-bond donors (Lipinski definition) is 0. The van der Waals surface area contributed by atoms with Gasteiger partial charge in [0, 0.05) is 5.56 Å². The lowest BCUT2D eigenvalue weighted by Gasteiger charge is -2.22. The molecule has 0 spiro atoms. The minimum Gasteiger partial charge on any atom is -0.231 e. The van der Waals surface area contributed by atoms with Gasteiger partial charge in [0.1, 0.15) is 4.70 Å². The Morgan fingerprint density at radius 2 is 1.84 bits per heavy atom. The molecule has 0 aliphatic carbocycles. The van der Waals surface area contributed by atoms with Gasteiger partial charge in [-0.05, 0) is 58.4 Å². The first-order valence-electron chi connectivity index (χ1n) is 8.54. The number of aromatic nitrogens is 2. The SMILES string of the molecule is Cc1cc(C(C)(C)C)cc(-c2c3sc4ccsc4c3nc[n+]2C)c1C. The van der Waals surface area contributed by atoms with E-state index in [4.69, 9.17) is 4.98 Å². The second-order valence-corrected chi connectivity index (χ2v) is 9.78. The minimum atomic E-state index is 0.133. The average molecular weight is 368 g/mol. The standard InChI is InChI=1S/C21H23N2S2/c1-12-9-14(21(3,4)5)10-15(13(12)2)18-20-17(22-11-23(18)6)19-16(25-20)7-8-24-19/h7-11H,1-6H3/q+1. The van der Waals surface area contributed by atoms with E-state index in [0.717, 1.165) is 5.52 Å². The Bertz CT molecular complexity index is 1110. The van der Waals surface area contributed by atoms with Gasteiger partial charge < -0.3 is 0 Å². The molecule has 4 aromatic rings. The van der Waals surface area contributed by atoms with E-state index in [0.29, 0.717) is 0 Å². The molecule has 0 aliphatic rings. The molecule has 0 atom stereocenters. The van der Waals surface area contributed by atoms with Crippen molar-refractivity contribution in [3.05, 3.63) is 46.6 Å². The summed E-state index contributed by atoms with van der Waals surface area (Å²) in [5.74, 6) is 0. The third kappa shape index (κ3) is 2.59. The second-order valence-electron chi connectivity index (χ2n) is 7.81. The summed E-state index contributed by atoms with van der Waals surface area (Å²) in [5.41, 5.74) is 7.97. The summed E-state index contributed by atoms with van der Waals surface area (Å²) >= 11 is 3.65. The van der Waals surface area contributed by atoms with Gasteiger partial charge in [-0.15, -0.1) is 22.7 Å². The molecule has 0 radical (unpaired) electrons. The molecule has 0 N–H and O–H groups in total. The first kappa shape index (κ1) is 16.7. The number of fused-ring (bicyclic) bond motifs is 3. The Balaban J connectivity index is 2.11. The van der Waals surface area contributed by atoms with Crippen LogP contribution in [0.25, 0.3) is 30.9 Å². The topological polar surface area (TPSA) is 16.8 Å². The van der Waals surface area contributed by atoms with Crippen LogP contribution in [0.2, 0.25) is 0 Å². The second kappa shape index (κ2) is 5.61. The number of rotatable bonds is 1. The molecule has 0 aliphatic heterocycles. The van der Waals surface area contributed by atoms with Crippen molar-refractivity contribution in [3.63, 3.8) is 0 Å². The van der Waals surface area contributed by atoms with Crippen molar-refractivity contribution in [2.24, 2.45) is 7.05 Å². The fourth-order valence-corrected chi connectivity index (χ4v) is 5.66. The fraction of sp³-hybridized carbons (Fsp3) is 0.333. The van der Waals surface area contributed by atoms with Crippen LogP contribution in [0.15, 0.2) is 29.9 Å². The minimum absolute atomic E-state index is 0.133. The van der Waals surface area contributed by atoms with E-state index in [1.54, 1.807) is 11.3 Å². The molecule has 4 rings (SSSR count). The third-order valence-electron chi connectivity index (χ3n) is 4.99. The Hall–Kier alpha value is -1.78. The zero-order valence-corrected chi connectivity index (χ0v) is 17.2. The molecule has 2 nitrogen and oxygen atoms in total. The maximum atomic E-state index is 4.73. The van der Waals surface area contributed by atoms with Crippen LogP contribution in [0.5, 0.6) is 0 Å². The van der Waals surface area contributed by atoms with Crippen LogP contribution in [0.3, 0.4) is 0 Å². The van der Waals surface area contributed by atoms with Gasteiger partial charge in [-0.3, -0.25) is 0 Å². The van der Waals surface area contributed by atoms with Crippen molar-refractivity contribution in [3.8, 4) is 11.3 Å². The van der Waals surface area contributed by atoms with Gasteiger partial charge in [-0.25, -0.2) is 4.57 Å². The first-order valence-corrected chi connectivity index (χ1v) is 10.2. The van der Waals surface area contributed by atoms with Crippen molar-refractivity contribution in [1.29, 1.82) is 0 Å². The van der Waals surface area contributed by atoms with Crippen LogP contribution >= 0.6 is 22.7 Å². The van der Waals surface area contributed by atoms with E-state index in [1.165, 1.54) is 42.0 Å². The summed E-state index contributed by atoms with van der Waals surface area (Å²) in [7, 11) is 2.11. The normalized spacial score (nSPS) is 12.4. The maximum Gasteiger partial charge on any atom is 0.287 e. The number of hydrogen-bond acceptors (Lipinski definition) is 3. The number of aryl methyl sites for hydroxylation is 2. The third-order valence-corrected chi connectivity index (χ3v) is 7.19.